The normalized spacial score (nSPS) is 12.1. The number of aliphatic hydroxyl groups is 1. The summed E-state index contributed by atoms with van der Waals surface area (Å²) in [6.07, 6.45) is 0.138. The standard InChI is InChI=1S/C13H13N3O3/c14-12(18)11(17)7-16-13(19)9-5-6-15-10-4-2-1-3-8(9)10/h1-6,11,17H,7H2,(H2,14,18)(H,16,19). The Bertz CT molecular complexity index is 622. The molecule has 1 unspecified atom stereocenters. The number of aromatic nitrogens is 1. The third-order valence-corrected chi connectivity index (χ3v) is 2.68. The lowest BCUT2D eigenvalue weighted by Gasteiger charge is -2.09. The summed E-state index contributed by atoms with van der Waals surface area (Å²) in [6.45, 7) is -0.217. The fourth-order valence-electron chi connectivity index (χ4n) is 1.68. The van der Waals surface area contributed by atoms with Gasteiger partial charge in [-0.1, -0.05) is 18.2 Å². The predicted molar refractivity (Wildman–Crippen MR) is 69.3 cm³/mol. The van der Waals surface area contributed by atoms with Gasteiger partial charge in [0.15, 0.2) is 0 Å². The molecule has 98 valence electrons. The van der Waals surface area contributed by atoms with Gasteiger partial charge in [-0.15, -0.1) is 0 Å². The molecule has 19 heavy (non-hydrogen) atoms. The largest absolute Gasteiger partial charge is 0.381 e. The fraction of sp³-hybridized carbons (Fsp3) is 0.154. The minimum atomic E-state index is -1.39. The number of benzene rings is 1. The molecule has 6 heteroatoms. The van der Waals surface area contributed by atoms with Gasteiger partial charge in [0.1, 0.15) is 6.10 Å². The second-order valence-corrected chi connectivity index (χ2v) is 4.00. The molecule has 1 aromatic carbocycles. The molecule has 0 aliphatic heterocycles. The summed E-state index contributed by atoms with van der Waals surface area (Å²) >= 11 is 0. The van der Waals surface area contributed by atoms with Crippen molar-refractivity contribution < 1.29 is 14.7 Å². The molecule has 0 aliphatic carbocycles. The van der Waals surface area contributed by atoms with E-state index in [4.69, 9.17) is 5.73 Å². The molecule has 1 aromatic heterocycles. The Kier molecular flexibility index (Phi) is 3.72. The summed E-state index contributed by atoms with van der Waals surface area (Å²) in [5.41, 5.74) is 6.03. The highest BCUT2D eigenvalue weighted by Gasteiger charge is 2.14. The van der Waals surface area contributed by atoms with E-state index < -0.39 is 12.0 Å². The molecule has 0 spiro atoms. The second kappa shape index (κ2) is 5.45. The van der Waals surface area contributed by atoms with Crippen LogP contribution in [0.4, 0.5) is 0 Å². The number of nitrogens with two attached hydrogens (primary N) is 1. The van der Waals surface area contributed by atoms with Gasteiger partial charge in [0, 0.05) is 11.6 Å². The Labute approximate surface area is 109 Å². The lowest BCUT2D eigenvalue weighted by atomic mass is 10.1. The number of amides is 2. The number of carbonyl (C=O) groups is 2. The molecule has 4 N–H and O–H groups in total. The van der Waals surface area contributed by atoms with Crippen LogP contribution >= 0.6 is 0 Å². The highest BCUT2D eigenvalue weighted by Crippen LogP contribution is 2.15. The van der Waals surface area contributed by atoms with Gasteiger partial charge in [-0.05, 0) is 12.1 Å². The van der Waals surface area contributed by atoms with E-state index in [1.54, 1.807) is 24.3 Å². The fourth-order valence-corrected chi connectivity index (χ4v) is 1.68. The number of carbonyl (C=O) groups excluding carboxylic acids is 2. The van der Waals surface area contributed by atoms with Crippen molar-refractivity contribution in [3.8, 4) is 0 Å². The average Bonchev–Trinajstić information content (AvgIpc) is 2.43. The number of pyridine rings is 1. The van der Waals surface area contributed by atoms with Gasteiger partial charge in [0.2, 0.25) is 5.91 Å². The molecule has 6 nitrogen and oxygen atoms in total. The first-order valence-corrected chi connectivity index (χ1v) is 5.69. The van der Waals surface area contributed by atoms with Crippen LogP contribution in [-0.4, -0.2) is 34.6 Å². The zero-order chi connectivity index (χ0) is 13.8. The first-order chi connectivity index (χ1) is 9.09. The maximum absolute atomic E-state index is 12.0. The van der Waals surface area contributed by atoms with Crippen LogP contribution in [0.25, 0.3) is 10.9 Å². The molecule has 0 saturated carbocycles. The predicted octanol–water partition coefficient (Wildman–Crippen LogP) is -0.189. The average molecular weight is 259 g/mol. The first-order valence-electron chi connectivity index (χ1n) is 5.69. The molecule has 2 aromatic rings. The van der Waals surface area contributed by atoms with Crippen LogP contribution in [0.1, 0.15) is 10.4 Å². The van der Waals surface area contributed by atoms with Crippen LogP contribution in [0.15, 0.2) is 36.5 Å². The number of hydrogen-bond acceptors (Lipinski definition) is 4. The summed E-state index contributed by atoms with van der Waals surface area (Å²) in [7, 11) is 0. The summed E-state index contributed by atoms with van der Waals surface area (Å²) in [5, 5.41) is 12.4. The van der Waals surface area contributed by atoms with E-state index in [1.807, 2.05) is 6.07 Å². The van der Waals surface area contributed by atoms with Gasteiger partial charge in [-0.25, -0.2) is 0 Å². The van der Waals surface area contributed by atoms with Gasteiger partial charge in [0.05, 0.1) is 17.6 Å². The number of rotatable bonds is 4. The lowest BCUT2D eigenvalue weighted by Crippen LogP contribution is -2.40. The molecule has 0 radical (unpaired) electrons. The molecule has 0 aliphatic rings. The minimum absolute atomic E-state index is 0.217. The minimum Gasteiger partial charge on any atom is -0.381 e. The maximum Gasteiger partial charge on any atom is 0.252 e. The van der Waals surface area contributed by atoms with E-state index in [2.05, 4.69) is 10.3 Å². The van der Waals surface area contributed by atoms with Crippen LogP contribution in [-0.2, 0) is 4.79 Å². The van der Waals surface area contributed by atoms with Gasteiger partial charge >= 0.3 is 0 Å². The molecule has 1 heterocycles. The molecule has 1 atom stereocenters. The Morgan fingerprint density at radius 2 is 2.05 bits per heavy atom. The van der Waals surface area contributed by atoms with Crippen LogP contribution in [0.3, 0.4) is 0 Å². The summed E-state index contributed by atoms with van der Waals surface area (Å²) in [5.74, 6) is -1.27. The van der Waals surface area contributed by atoms with Gasteiger partial charge < -0.3 is 16.2 Å². The third kappa shape index (κ3) is 2.86. The van der Waals surface area contributed by atoms with E-state index in [0.29, 0.717) is 16.5 Å². The molecule has 2 rings (SSSR count). The van der Waals surface area contributed by atoms with Crippen molar-refractivity contribution in [3.05, 3.63) is 42.1 Å². The number of primary amides is 1. The van der Waals surface area contributed by atoms with Crippen LogP contribution in [0.5, 0.6) is 0 Å². The lowest BCUT2D eigenvalue weighted by molar-refractivity contribution is -0.125. The Balaban J connectivity index is 2.20. The number of aliphatic hydroxyl groups excluding tert-OH is 1. The third-order valence-electron chi connectivity index (χ3n) is 2.68. The monoisotopic (exact) mass is 259 g/mol. The SMILES string of the molecule is NC(=O)C(O)CNC(=O)c1ccnc2ccccc12. The maximum atomic E-state index is 12.0. The number of nitrogens with zero attached hydrogens (tertiary/aromatic N) is 1. The molecular formula is C13H13N3O3. The Morgan fingerprint density at radius 3 is 2.79 bits per heavy atom. The number of para-hydroxylation sites is 1. The van der Waals surface area contributed by atoms with Crippen LogP contribution in [0.2, 0.25) is 0 Å². The van der Waals surface area contributed by atoms with Crippen LogP contribution < -0.4 is 11.1 Å². The van der Waals surface area contributed by atoms with Crippen molar-refractivity contribution in [2.24, 2.45) is 5.73 Å². The van der Waals surface area contributed by atoms with Crippen molar-refractivity contribution >= 4 is 22.7 Å². The highest BCUT2D eigenvalue weighted by atomic mass is 16.3. The van der Waals surface area contributed by atoms with Gasteiger partial charge in [-0.2, -0.15) is 0 Å². The zero-order valence-electron chi connectivity index (χ0n) is 10.0. The van der Waals surface area contributed by atoms with E-state index in [0.717, 1.165) is 0 Å². The van der Waals surface area contributed by atoms with Crippen LogP contribution in [0, 0.1) is 0 Å². The van der Waals surface area contributed by atoms with Crippen molar-refractivity contribution in [1.82, 2.24) is 10.3 Å². The van der Waals surface area contributed by atoms with Gasteiger partial charge in [0.25, 0.3) is 5.91 Å². The highest BCUT2D eigenvalue weighted by molar-refractivity contribution is 6.06. The zero-order valence-corrected chi connectivity index (χ0v) is 10.0. The summed E-state index contributed by atoms with van der Waals surface area (Å²) in [6, 6.07) is 8.79. The van der Waals surface area contributed by atoms with Crippen molar-refractivity contribution in [1.29, 1.82) is 0 Å². The number of fused-ring (bicyclic) bond motifs is 1. The van der Waals surface area contributed by atoms with Crippen molar-refractivity contribution in [2.45, 2.75) is 6.10 Å². The van der Waals surface area contributed by atoms with Crippen molar-refractivity contribution in [2.75, 3.05) is 6.54 Å². The molecule has 0 bridgehead atoms. The second-order valence-electron chi connectivity index (χ2n) is 4.00. The van der Waals surface area contributed by atoms with Crippen molar-refractivity contribution in [3.63, 3.8) is 0 Å². The molecule has 0 fully saturated rings. The Morgan fingerprint density at radius 1 is 1.32 bits per heavy atom. The number of nitrogens with one attached hydrogen (secondary N) is 1. The molecule has 2 amide bonds. The topological polar surface area (TPSA) is 105 Å². The first kappa shape index (κ1) is 13.0. The molecular weight excluding hydrogens is 246 g/mol. The smallest absolute Gasteiger partial charge is 0.252 e. The van der Waals surface area contributed by atoms with E-state index in [-0.39, 0.29) is 12.5 Å². The molecule has 0 saturated heterocycles. The quantitative estimate of drug-likeness (QED) is 0.707. The van der Waals surface area contributed by atoms with E-state index in [9.17, 15) is 14.7 Å². The van der Waals surface area contributed by atoms with E-state index >= 15 is 0 Å². The van der Waals surface area contributed by atoms with E-state index in [1.165, 1.54) is 6.20 Å². The Hall–Kier alpha value is -2.47. The number of hydrogen-bond donors (Lipinski definition) is 3. The summed E-state index contributed by atoms with van der Waals surface area (Å²) < 4.78 is 0. The summed E-state index contributed by atoms with van der Waals surface area (Å²) in [4.78, 5) is 26.8. The van der Waals surface area contributed by atoms with Gasteiger partial charge in [-0.3, -0.25) is 14.6 Å².